The van der Waals surface area contributed by atoms with Crippen LogP contribution in [0.5, 0.6) is 0 Å². The van der Waals surface area contributed by atoms with Gasteiger partial charge in [0, 0.05) is 12.1 Å². The first-order valence-corrected chi connectivity index (χ1v) is 5.70. The zero-order valence-corrected chi connectivity index (χ0v) is 9.90. The van der Waals surface area contributed by atoms with Crippen LogP contribution in [0, 0.1) is 6.92 Å². The zero-order chi connectivity index (χ0) is 11.5. The molecule has 1 aromatic rings. The van der Waals surface area contributed by atoms with Crippen LogP contribution in [-0.2, 0) is 0 Å². The quantitative estimate of drug-likeness (QED) is 0.775. The molecule has 2 heterocycles. The van der Waals surface area contributed by atoms with Gasteiger partial charge in [0.1, 0.15) is 17.5 Å². The molecular weight excluding hydrogens is 202 g/mol. The number of piperidine rings is 1. The number of likely N-dealkylation sites (tertiary alicyclic amines) is 1. The van der Waals surface area contributed by atoms with Crippen LogP contribution in [0.25, 0.3) is 0 Å². The van der Waals surface area contributed by atoms with Crippen molar-refractivity contribution in [3.63, 3.8) is 0 Å². The maximum absolute atomic E-state index is 5.69. The largest absolute Gasteiger partial charge is 0.384 e. The lowest BCUT2D eigenvalue weighted by Gasteiger charge is -2.29. The van der Waals surface area contributed by atoms with Gasteiger partial charge in [0.15, 0.2) is 0 Å². The third-order valence-electron chi connectivity index (χ3n) is 2.93. The summed E-state index contributed by atoms with van der Waals surface area (Å²) in [6, 6.07) is 2.30. The Labute approximate surface area is 96.1 Å². The van der Waals surface area contributed by atoms with Crippen molar-refractivity contribution in [3.8, 4) is 0 Å². The van der Waals surface area contributed by atoms with Gasteiger partial charge in [0.25, 0.3) is 0 Å². The third kappa shape index (κ3) is 2.82. The normalized spacial score (nSPS) is 18.6. The molecule has 0 atom stereocenters. The minimum absolute atomic E-state index is 0.505. The minimum Gasteiger partial charge on any atom is -0.384 e. The van der Waals surface area contributed by atoms with Gasteiger partial charge in [-0.05, 0) is 39.9 Å². The van der Waals surface area contributed by atoms with E-state index in [1.54, 1.807) is 6.07 Å². The van der Waals surface area contributed by atoms with Crippen molar-refractivity contribution in [2.45, 2.75) is 25.8 Å². The average Bonchev–Trinajstić information content (AvgIpc) is 2.20. The second-order valence-electron chi connectivity index (χ2n) is 4.45. The first-order valence-electron chi connectivity index (χ1n) is 5.70. The van der Waals surface area contributed by atoms with Gasteiger partial charge in [-0.25, -0.2) is 9.97 Å². The Hall–Kier alpha value is -1.36. The molecule has 1 aliphatic heterocycles. The summed E-state index contributed by atoms with van der Waals surface area (Å²) in [7, 11) is 2.16. The van der Waals surface area contributed by atoms with E-state index in [-0.39, 0.29) is 0 Å². The standard InChI is InChI=1S/C11H19N5/c1-8-13-10(12)7-11(14-8)15-9-3-5-16(2)6-4-9/h7,9H,3-6H2,1-2H3,(H3,12,13,14,15). The van der Waals surface area contributed by atoms with Crippen molar-refractivity contribution in [1.29, 1.82) is 0 Å². The molecule has 5 nitrogen and oxygen atoms in total. The lowest BCUT2D eigenvalue weighted by molar-refractivity contribution is 0.263. The first-order chi connectivity index (χ1) is 7.63. The number of nitrogens with zero attached hydrogens (tertiary/aromatic N) is 3. The summed E-state index contributed by atoms with van der Waals surface area (Å²) in [4.78, 5) is 10.7. The van der Waals surface area contributed by atoms with Crippen molar-refractivity contribution in [2.24, 2.45) is 0 Å². The van der Waals surface area contributed by atoms with E-state index in [1.807, 2.05) is 6.92 Å². The van der Waals surface area contributed by atoms with E-state index in [1.165, 1.54) is 0 Å². The molecule has 0 amide bonds. The van der Waals surface area contributed by atoms with Crippen LogP contribution in [0.2, 0.25) is 0 Å². The van der Waals surface area contributed by atoms with Gasteiger partial charge in [-0.15, -0.1) is 0 Å². The Morgan fingerprint density at radius 2 is 2.06 bits per heavy atom. The van der Waals surface area contributed by atoms with E-state index < -0.39 is 0 Å². The van der Waals surface area contributed by atoms with Gasteiger partial charge >= 0.3 is 0 Å². The van der Waals surface area contributed by atoms with Gasteiger partial charge in [0.05, 0.1) is 0 Å². The van der Waals surface area contributed by atoms with Gasteiger partial charge < -0.3 is 16.0 Å². The molecular formula is C11H19N5. The fourth-order valence-corrected chi connectivity index (χ4v) is 2.03. The second-order valence-corrected chi connectivity index (χ2v) is 4.45. The average molecular weight is 221 g/mol. The van der Waals surface area contributed by atoms with E-state index in [4.69, 9.17) is 5.73 Å². The molecule has 0 saturated carbocycles. The van der Waals surface area contributed by atoms with Crippen molar-refractivity contribution in [1.82, 2.24) is 14.9 Å². The minimum atomic E-state index is 0.505. The molecule has 1 saturated heterocycles. The molecule has 0 radical (unpaired) electrons. The molecule has 88 valence electrons. The number of hydrogen-bond acceptors (Lipinski definition) is 5. The Morgan fingerprint density at radius 3 is 2.69 bits per heavy atom. The highest BCUT2D eigenvalue weighted by molar-refractivity contribution is 5.45. The number of rotatable bonds is 2. The van der Waals surface area contributed by atoms with Gasteiger partial charge in [-0.1, -0.05) is 0 Å². The molecule has 1 fully saturated rings. The van der Waals surface area contributed by atoms with E-state index in [2.05, 4.69) is 27.2 Å². The Kier molecular flexibility index (Phi) is 3.24. The molecule has 0 bridgehead atoms. The third-order valence-corrected chi connectivity index (χ3v) is 2.93. The van der Waals surface area contributed by atoms with Crippen LogP contribution in [0.4, 0.5) is 11.6 Å². The molecule has 2 rings (SSSR count). The summed E-state index contributed by atoms with van der Waals surface area (Å²) in [6.45, 7) is 4.13. The van der Waals surface area contributed by atoms with E-state index in [9.17, 15) is 0 Å². The summed E-state index contributed by atoms with van der Waals surface area (Å²) in [6.07, 6.45) is 2.30. The highest BCUT2D eigenvalue weighted by atomic mass is 15.1. The number of aromatic nitrogens is 2. The van der Waals surface area contributed by atoms with Crippen LogP contribution in [0.15, 0.2) is 6.07 Å². The highest BCUT2D eigenvalue weighted by Gasteiger charge is 2.16. The SMILES string of the molecule is Cc1nc(N)cc(NC2CCN(C)CC2)n1. The maximum atomic E-state index is 5.69. The molecule has 0 aliphatic carbocycles. The summed E-state index contributed by atoms with van der Waals surface area (Å²) < 4.78 is 0. The number of nitrogen functional groups attached to an aromatic ring is 1. The monoisotopic (exact) mass is 221 g/mol. The predicted molar refractivity (Wildman–Crippen MR) is 65.3 cm³/mol. The maximum Gasteiger partial charge on any atom is 0.132 e. The van der Waals surface area contributed by atoms with Crippen molar-refractivity contribution in [2.75, 3.05) is 31.2 Å². The van der Waals surface area contributed by atoms with Gasteiger partial charge in [-0.3, -0.25) is 0 Å². The summed E-state index contributed by atoms with van der Waals surface area (Å²) in [5.41, 5.74) is 5.69. The molecule has 0 unspecified atom stereocenters. The Bertz CT molecular complexity index is 337. The van der Waals surface area contributed by atoms with E-state index in [0.29, 0.717) is 11.9 Å². The number of nitrogens with one attached hydrogen (secondary N) is 1. The second kappa shape index (κ2) is 4.65. The van der Waals surface area contributed by atoms with Gasteiger partial charge in [-0.2, -0.15) is 0 Å². The summed E-state index contributed by atoms with van der Waals surface area (Å²) >= 11 is 0. The summed E-state index contributed by atoms with van der Waals surface area (Å²) in [5, 5.41) is 3.43. The highest BCUT2D eigenvalue weighted by Crippen LogP contribution is 2.15. The van der Waals surface area contributed by atoms with E-state index >= 15 is 0 Å². The molecule has 1 aliphatic rings. The zero-order valence-electron chi connectivity index (χ0n) is 9.90. The Morgan fingerprint density at radius 1 is 1.38 bits per heavy atom. The molecule has 16 heavy (non-hydrogen) atoms. The van der Waals surface area contributed by atoms with Crippen molar-refractivity contribution in [3.05, 3.63) is 11.9 Å². The van der Waals surface area contributed by atoms with Gasteiger partial charge in [0.2, 0.25) is 0 Å². The van der Waals surface area contributed by atoms with E-state index in [0.717, 1.165) is 37.6 Å². The Balaban J connectivity index is 1.98. The predicted octanol–water partition coefficient (Wildman–Crippen LogP) is 0.873. The van der Waals surface area contributed by atoms with Crippen LogP contribution in [0.1, 0.15) is 18.7 Å². The smallest absolute Gasteiger partial charge is 0.132 e. The fraction of sp³-hybridized carbons (Fsp3) is 0.636. The van der Waals surface area contributed by atoms with Crippen LogP contribution in [-0.4, -0.2) is 41.0 Å². The molecule has 0 aromatic carbocycles. The summed E-state index contributed by atoms with van der Waals surface area (Å²) in [5.74, 6) is 2.10. The van der Waals surface area contributed by atoms with Crippen LogP contribution in [0.3, 0.4) is 0 Å². The molecule has 0 spiro atoms. The number of nitrogens with two attached hydrogens (primary N) is 1. The number of aryl methyl sites for hydroxylation is 1. The number of anilines is 2. The first kappa shape index (κ1) is 11.1. The molecule has 5 heteroatoms. The lowest BCUT2D eigenvalue weighted by atomic mass is 10.1. The van der Waals surface area contributed by atoms with Crippen LogP contribution >= 0.6 is 0 Å². The van der Waals surface area contributed by atoms with Crippen molar-refractivity contribution < 1.29 is 0 Å². The molecule has 1 aromatic heterocycles. The lowest BCUT2D eigenvalue weighted by Crippen LogP contribution is -2.36. The van der Waals surface area contributed by atoms with Crippen molar-refractivity contribution >= 4 is 11.6 Å². The van der Waals surface area contributed by atoms with Crippen LogP contribution < -0.4 is 11.1 Å². The fourth-order valence-electron chi connectivity index (χ4n) is 2.03. The topological polar surface area (TPSA) is 67.1 Å². The number of hydrogen-bond donors (Lipinski definition) is 2. The molecule has 3 N–H and O–H groups in total.